The molecule has 0 N–H and O–H groups in total. The van der Waals surface area contributed by atoms with E-state index in [0.29, 0.717) is 0 Å². The molecule has 0 amide bonds. The molecule has 8 aromatic carbocycles. The summed E-state index contributed by atoms with van der Waals surface area (Å²) >= 11 is 0. The number of benzene rings is 8. The molecule has 258 valence electrons. The highest BCUT2D eigenvalue weighted by Gasteiger charge is 2.54. The van der Waals surface area contributed by atoms with Crippen molar-refractivity contribution in [3.05, 3.63) is 176 Å². The third kappa shape index (κ3) is 3.28. The van der Waals surface area contributed by atoms with Gasteiger partial charge in [-0.1, -0.05) is 140 Å². The van der Waals surface area contributed by atoms with E-state index < -0.39 is 8.07 Å². The van der Waals surface area contributed by atoms with Crippen LogP contribution < -0.4 is 36.6 Å². The van der Waals surface area contributed by atoms with Crippen molar-refractivity contribution in [2.24, 2.45) is 0 Å². The van der Waals surface area contributed by atoms with Gasteiger partial charge in [0.1, 0.15) is 11.2 Å². The molecule has 0 saturated heterocycles. The zero-order chi connectivity index (χ0) is 36.3. The van der Waals surface area contributed by atoms with E-state index in [-0.39, 0.29) is 6.85 Å². The second kappa shape index (κ2) is 10.2. The molecule has 0 spiro atoms. The van der Waals surface area contributed by atoms with Crippen LogP contribution in [0.4, 0.5) is 17.1 Å². The molecule has 6 heterocycles. The van der Waals surface area contributed by atoms with Crippen molar-refractivity contribution in [3.63, 3.8) is 0 Å². The van der Waals surface area contributed by atoms with Crippen molar-refractivity contribution in [2.45, 2.75) is 0 Å². The van der Waals surface area contributed by atoms with E-state index in [4.69, 9.17) is 8.83 Å². The van der Waals surface area contributed by atoms with Crippen LogP contribution in [-0.4, -0.2) is 19.4 Å². The molecule has 0 unspecified atom stereocenters. The first-order chi connectivity index (χ1) is 27.8. The number of furan rings is 2. The molecule has 0 radical (unpaired) electrons. The third-order valence-electron chi connectivity index (χ3n) is 13.0. The van der Waals surface area contributed by atoms with Gasteiger partial charge in [0.25, 0.3) is 0 Å². The lowest BCUT2D eigenvalue weighted by Crippen LogP contribution is -2.78. The van der Waals surface area contributed by atoms with E-state index >= 15 is 0 Å². The predicted molar refractivity (Wildman–Crippen MR) is 234 cm³/mol. The number of fused-ring (bicyclic) bond motifs is 15. The molecule has 56 heavy (non-hydrogen) atoms. The zero-order valence-corrected chi connectivity index (χ0v) is 31.0. The highest BCUT2D eigenvalue weighted by atomic mass is 28.3. The van der Waals surface area contributed by atoms with Gasteiger partial charge in [-0.3, -0.25) is 0 Å². The fourth-order valence-electron chi connectivity index (χ4n) is 11.0. The maximum absolute atomic E-state index is 7.10. The number of rotatable bonds is 2. The standard InChI is InChI=1S/C50H29BN2O2Si/c1-3-15-30(16-4-1)56(31-17-5-2-6-18-31)42-27-12-9-24-39(42)52-47-38(23-14-28-43(47)56)51-44-36(29-37-32-19-7-10-25-40(32)54-50(37)48(44)52)33-21-13-22-35-45(33)53(51)46-34-20-8-11-26-41(34)55-49(35)46/h1-29H. The van der Waals surface area contributed by atoms with Gasteiger partial charge >= 0.3 is 6.85 Å². The fraction of sp³-hybridized carbons (Fsp3) is 0. The van der Waals surface area contributed by atoms with Gasteiger partial charge < -0.3 is 18.2 Å². The molecule has 4 nitrogen and oxygen atoms in total. The Hall–Kier alpha value is -7.02. The Labute approximate surface area is 322 Å². The van der Waals surface area contributed by atoms with Crippen molar-refractivity contribution in [1.29, 1.82) is 0 Å². The molecular weight excluding hydrogens is 699 g/mol. The Bertz CT molecular complexity index is 3470. The summed E-state index contributed by atoms with van der Waals surface area (Å²) in [6, 6.07) is 65.2. The van der Waals surface area contributed by atoms with Crippen molar-refractivity contribution in [3.8, 4) is 11.1 Å². The average Bonchev–Trinajstić information content (AvgIpc) is 3.93. The van der Waals surface area contributed by atoms with E-state index in [1.165, 1.54) is 59.7 Å². The van der Waals surface area contributed by atoms with E-state index in [9.17, 15) is 0 Å². The SMILES string of the molecule is c1ccc([Si]2(c3ccccc3)c3ccccc3N3c4c(cccc42)B2c4c(cc5c(oc6ccccc65)c43)-c3cccc4c5oc6ccccc6c5n2c34)cc1. The molecule has 3 aromatic heterocycles. The third-order valence-corrected chi connectivity index (χ3v) is 17.9. The summed E-state index contributed by atoms with van der Waals surface area (Å²) in [5.74, 6) is 0. The molecule has 0 aliphatic carbocycles. The molecule has 11 aromatic rings. The minimum absolute atomic E-state index is 0.136. The minimum atomic E-state index is -2.89. The average molecular weight is 729 g/mol. The Balaban J connectivity index is 1.24. The number of anilines is 3. The normalized spacial score (nSPS) is 14.5. The van der Waals surface area contributed by atoms with Gasteiger partial charge in [0.05, 0.1) is 11.2 Å². The van der Waals surface area contributed by atoms with E-state index in [1.807, 2.05) is 0 Å². The van der Waals surface area contributed by atoms with E-state index in [2.05, 4.69) is 185 Å². The molecule has 0 saturated carbocycles. The van der Waals surface area contributed by atoms with Crippen molar-refractivity contribution in [2.75, 3.05) is 4.90 Å². The van der Waals surface area contributed by atoms with Crippen molar-refractivity contribution < 1.29 is 8.83 Å². The summed E-state index contributed by atoms with van der Waals surface area (Å²) in [6.07, 6.45) is 0. The van der Waals surface area contributed by atoms with E-state index in [1.54, 1.807) is 0 Å². The monoisotopic (exact) mass is 728 g/mol. The Kier molecular flexibility index (Phi) is 5.34. The lowest BCUT2D eigenvalue weighted by atomic mass is 9.45. The second-order valence-corrected chi connectivity index (χ2v) is 19.2. The van der Waals surface area contributed by atoms with Crippen LogP contribution in [0.2, 0.25) is 0 Å². The highest BCUT2D eigenvalue weighted by molar-refractivity contribution is 7.21. The molecule has 0 fully saturated rings. The number of hydrogen-bond donors (Lipinski definition) is 0. The first kappa shape index (κ1) is 29.4. The summed E-state index contributed by atoms with van der Waals surface area (Å²) in [4.78, 5) is 2.59. The van der Waals surface area contributed by atoms with E-state index in [0.717, 1.165) is 55.1 Å². The first-order valence-corrected chi connectivity index (χ1v) is 21.4. The molecular formula is C50H29BN2O2Si. The van der Waals surface area contributed by atoms with Gasteiger partial charge in [0.15, 0.2) is 19.2 Å². The van der Waals surface area contributed by atoms with Gasteiger partial charge in [-0.2, -0.15) is 0 Å². The highest BCUT2D eigenvalue weighted by Crippen LogP contribution is 2.51. The Morgan fingerprint density at radius 2 is 1.07 bits per heavy atom. The van der Waals surface area contributed by atoms with Crippen LogP contribution in [0.5, 0.6) is 0 Å². The smallest absolute Gasteiger partial charge is 0.333 e. The molecule has 0 atom stereocenters. The lowest BCUT2D eigenvalue weighted by Gasteiger charge is -2.49. The van der Waals surface area contributed by atoms with Crippen LogP contribution in [0.15, 0.2) is 185 Å². The quantitative estimate of drug-likeness (QED) is 0.168. The second-order valence-electron chi connectivity index (χ2n) is 15.5. The fourth-order valence-corrected chi connectivity index (χ4v) is 16.1. The molecule has 6 heteroatoms. The largest absolute Gasteiger partial charge is 0.454 e. The molecule has 3 aliphatic heterocycles. The van der Waals surface area contributed by atoms with Gasteiger partial charge in [-0.05, 0) is 73.6 Å². The summed E-state index contributed by atoms with van der Waals surface area (Å²) in [7, 11) is -2.89. The zero-order valence-electron chi connectivity index (χ0n) is 30.0. The van der Waals surface area contributed by atoms with Crippen LogP contribution in [0.3, 0.4) is 0 Å². The number of aromatic nitrogens is 1. The van der Waals surface area contributed by atoms with Crippen molar-refractivity contribution in [1.82, 2.24) is 4.48 Å². The minimum Gasteiger partial charge on any atom is -0.454 e. The van der Waals surface area contributed by atoms with Crippen LogP contribution >= 0.6 is 0 Å². The first-order valence-electron chi connectivity index (χ1n) is 19.4. The maximum atomic E-state index is 7.10. The summed E-state index contributed by atoms with van der Waals surface area (Å²) in [6.45, 7) is -0.136. The van der Waals surface area contributed by atoms with Crippen LogP contribution in [0.25, 0.3) is 66.0 Å². The summed E-state index contributed by atoms with van der Waals surface area (Å²) in [5, 5.41) is 10.1. The van der Waals surface area contributed by atoms with Crippen LogP contribution in [-0.2, 0) is 0 Å². The topological polar surface area (TPSA) is 34.5 Å². The molecule has 0 bridgehead atoms. The predicted octanol–water partition coefficient (Wildman–Crippen LogP) is 8.55. The van der Waals surface area contributed by atoms with Crippen LogP contribution in [0, 0.1) is 0 Å². The van der Waals surface area contributed by atoms with Gasteiger partial charge in [0.2, 0.25) is 0 Å². The number of para-hydroxylation sites is 5. The lowest BCUT2D eigenvalue weighted by molar-refractivity contribution is 0.669. The maximum Gasteiger partial charge on any atom is 0.333 e. The van der Waals surface area contributed by atoms with Crippen LogP contribution in [0.1, 0.15) is 0 Å². The number of hydrogen-bond acceptors (Lipinski definition) is 3. The van der Waals surface area contributed by atoms with Gasteiger partial charge in [0, 0.05) is 44.0 Å². The number of nitrogens with zero attached hydrogens (tertiary/aromatic N) is 2. The molecule has 3 aliphatic rings. The Morgan fingerprint density at radius 1 is 0.446 bits per heavy atom. The van der Waals surface area contributed by atoms with Gasteiger partial charge in [-0.25, -0.2) is 0 Å². The summed E-state index contributed by atoms with van der Waals surface area (Å²) in [5.41, 5.74) is 14.7. The van der Waals surface area contributed by atoms with Crippen molar-refractivity contribution >= 4 is 119 Å². The molecule has 14 rings (SSSR count). The van der Waals surface area contributed by atoms with Gasteiger partial charge in [-0.15, -0.1) is 0 Å². The Morgan fingerprint density at radius 3 is 1.88 bits per heavy atom. The summed E-state index contributed by atoms with van der Waals surface area (Å²) < 4.78 is 16.5.